The molecular formula is C24H30F2N4O2S. The van der Waals surface area contributed by atoms with Crippen molar-refractivity contribution in [2.45, 2.75) is 50.4 Å². The van der Waals surface area contributed by atoms with Crippen LogP contribution in [0.1, 0.15) is 56.2 Å². The number of aromatic nitrogens is 2. The van der Waals surface area contributed by atoms with E-state index in [0.717, 1.165) is 62.2 Å². The van der Waals surface area contributed by atoms with Gasteiger partial charge in [-0.1, -0.05) is 29.5 Å². The normalized spacial score (nSPS) is 26.6. The molecule has 2 amide bonds. The van der Waals surface area contributed by atoms with Crippen LogP contribution in [-0.2, 0) is 0 Å². The van der Waals surface area contributed by atoms with E-state index >= 15 is 0 Å². The van der Waals surface area contributed by atoms with Crippen LogP contribution >= 0.6 is 11.8 Å². The SMILES string of the molecule is CC(F)(F)C1=CCC=C(C2CC(c3nc(C4CC4)no3)CN(C(=O)N3CCSCC3)C2)C=C1. The predicted octanol–water partition coefficient (Wildman–Crippen LogP) is 4.99. The van der Waals surface area contributed by atoms with Gasteiger partial charge in [0.25, 0.3) is 5.92 Å². The van der Waals surface area contributed by atoms with Gasteiger partial charge in [0.15, 0.2) is 5.82 Å². The van der Waals surface area contributed by atoms with Crippen LogP contribution in [0.5, 0.6) is 0 Å². The van der Waals surface area contributed by atoms with Crippen LogP contribution in [0.15, 0.2) is 40.0 Å². The highest BCUT2D eigenvalue weighted by Crippen LogP contribution is 2.40. The predicted molar refractivity (Wildman–Crippen MR) is 124 cm³/mol. The fraction of sp³-hybridized carbons (Fsp3) is 0.625. The number of nitrogens with zero attached hydrogens (tertiary/aromatic N) is 4. The molecule has 1 aromatic rings. The number of allylic oxidation sites excluding steroid dienone is 5. The molecule has 0 radical (unpaired) electrons. The van der Waals surface area contributed by atoms with Gasteiger partial charge in [0.2, 0.25) is 5.89 Å². The molecule has 2 aliphatic heterocycles. The fourth-order valence-electron chi connectivity index (χ4n) is 4.82. The summed E-state index contributed by atoms with van der Waals surface area (Å²) in [4.78, 5) is 21.9. The summed E-state index contributed by atoms with van der Waals surface area (Å²) in [6.45, 7) is 3.54. The minimum absolute atomic E-state index is 0.0256. The molecule has 6 nitrogen and oxygen atoms in total. The Morgan fingerprint density at radius 2 is 1.85 bits per heavy atom. The average Bonchev–Trinajstić information content (AvgIpc) is 3.60. The summed E-state index contributed by atoms with van der Waals surface area (Å²) in [5.74, 6) is 0.756. The first-order valence-corrected chi connectivity index (χ1v) is 13.0. The highest BCUT2D eigenvalue weighted by atomic mass is 32.2. The number of hydrogen-bond donors (Lipinski definition) is 0. The second-order valence-corrected chi connectivity index (χ2v) is 10.7. The lowest BCUT2D eigenvalue weighted by Crippen LogP contribution is -2.51. The maximum atomic E-state index is 13.9. The zero-order valence-corrected chi connectivity index (χ0v) is 19.7. The smallest absolute Gasteiger partial charge is 0.320 e. The number of likely N-dealkylation sites (tertiary alicyclic amines) is 1. The Labute approximate surface area is 197 Å². The summed E-state index contributed by atoms with van der Waals surface area (Å²) in [5, 5.41) is 4.18. The summed E-state index contributed by atoms with van der Waals surface area (Å²) < 4.78 is 33.4. The average molecular weight is 477 g/mol. The molecule has 4 aliphatic rings. The van der Waals surface area contributed by atoms with Crippen molar-refractivity contribution in [3.8, 4) is 0 Å². The van der Waals surface area contributed by atoms with E-state index in [1.807, 2.05) is 27.6 Å². The van der Waals surface area contributed by atoms with Crippen molar-refractivity contribution >= 4 is 17.8 Å². The Morgan fingerprint density at radius 3 is 2.58 bits per heavy atom. The summed E-state index contributed by atoms with van der Waals surface area (Å²) in [7, 11) is 0. The van der Waals surface area contributed by atoms with Gasteiger partial charge in [0.05, 0.1) is 5.92 Å². The Balaban J connectivity index is 1.37. The standard InChI is InChI=1S/C24H30F2N4O2S/c1-24(25,26)20-4-2-3-16(7-8-20)18-13-19(22-27-21(28-32-22)17-5-6-17)15-30(14-18)23(31)29-9-11-33-12-10-29/h3-4,7-8,17-19H,2,5-6,9-15H2,1H3. The van der Waals surface area contributed by atoms with Gasteiger partial charge in [-0.3, -0.25) is 0 Å². The number of piperidine rings is 1. The monoisotopic (exact) mass is 476 g/mol. The van der Waals surface area contributed by atoms with Crippen LogP contribution in [0, 0.1) is 5.92 Å². The molecule has 0 bridgehead atoms. The maximum Gasteiger partial charge on any atom is 0.320 e. The molecule has 2 atom stereocenters. The van der Waals surface area contributed by atoms with E-state index in [-0.39, 0.29) is 23.4 Å². The number of halogens is 2. The van der Waals surface area contributed by atoms with Crippen LogP contribution in [-0.4, -0.2) is 69.6 Å². The molecule has 178 valence electrons. The second-order valence-electron chi connectivity index (χ2n) is 9.50. The first kappa shape index (κ1) is 22.6. The second kappa shape index (κ2) is 9.24. The Bertz CT molecular complexity index is 973. The molecule has 2 aliphatic carbocycles. The Morgan fingerprint density at radius 1 is 1.09 bits per heavy atom. The summed E-state index contributed by atoms with van der Waals surface area (Å²) in [6.07, 6.45) is 10.3. The lowest BCUT2D eigenvalue weighted by Gasteiger charge is -2.40. The molecule has 2 unspecified atom stereocenters. The molecule has 0 N–H and O–H groups in total. The molecule has 0 spiro atoms. The minimum Gasteiger partial charge on any atom is -0.339 e. The van der Waals surface area contributed by atoms with Gasteiger partial charge in [-0.05, 0) is 31.3 Å². The van der Waals surface area contributed by atoms with Gasteiger partial charge in [-0.25, -0.2) is 13.6 Å². The van der Waals surface area contributed by atoms with Crippen molar-refractivity contribution in [2.24, 2.45) is 5.92 Å². The Kier molecular flexibility index (Phi) is 6.33. The third-order valence-corrected chi connectivity index (χ3v) is 7.82. The molecular weight excluding hydrogens is 446 g/mol. The third-order valence-electron chi connectivity index (χ3n) is 6.88. The van der Waals surface area contributed by atoms with Crippen molar-refractivity contribution in [3.63, 3.8) is 0 Å². The minimum atomic E-state index is -2.87. The maximum absolute atomic E-state index is 13.9. The molecule has 9 heteroatoms. The van der Waals surface area contributed by atoms with E-state index in [1.165, 1.54) is 6.08 Å². The molecule has 33 heavy (non-hydrogen) atoms. The van der Waals surface area contributed by atoms with Gasteiger partial charge in [-0.2, -0.15) is 16.7 Å². The topological polar surface area (TPSA) is 62.5 Å². The van der Waals surface area contributed by atoms with Gasteiger partial charge < -0.3 is 14.3 Å². The van der Waals surface area contributed by atoms with Crippen molar-refractivity contribution in [3.05, 3.63) is 47.2 Å². The van der Waals surface area contributed by atoms with E-state index in [2.05, 4.69) is 10.1 Å². The van der Waals surface area contributed by atoms with Crippen LogP contribution in [0.4, 0.5) is 13.6 Å². The number of hydrogen-bond acceptors (Lipinski definition) is 5. The zero-order valence-electron chi connectivity index (χ0n) is 18.9. The van der Waals surface area contributed by atoms with Crippen LogP contribution in [0.25, 0.3) is 0 Å². The number of rotatable bonds is 4. The highest BCUT2D eigenvalue weighted by Gasteiger charge is 2.38. The number of alkyl halides is 2. The van der Waals surface area contributed by atoms with E-state index < -0.39 is 5.92 Å². The molecule has 3 fully saturated rings. The molecule has 1 saturated carbocycles. The molecule has 2 saturated heterocycles. The molecule has 1 aromatic heterocycles. The van der Waals surface area contributed by atoms with E-state index in [9.17, 15) is 13.6 Å². The number of urea groups is 1. The van der Waals surface area contributed by atoms with Crippen molar-refractivity contribution in [2.75, 3.05) is 37.7 Å². The van der Waals surface area contributed by atoms with Gasteiger partial charge in [0.1, 0.15) is 0 Å². The lowest BCUT2D eigenvalue weighted by molar-refractivity contribution is 0.0672. The quantitative estimate of drug-likeness (QED) is 0.613. The van der Waals surface area contributed by atoms with Crippen LogP contribution < -0.4 is 0 Å². The number of amides is 2. The molecule has 0 aromatic carbocycles. The number of carbonyl (C=O) groups excluding carboxylic acids is 1. The summed E-state index contributed by atoms with van der Waals surface area (Å²) >= 11 is 1.87. The first-order chi connectivity index (χ1) is 15.9. The summed E-state index contributed by atoms with van der Waals surface area (Å²) in [6, 6.07) is 0.0454. The largest absolute Gasteiger partial charge is 0.339 e. The van der Waals surface area contributed by atoms with E-state index in [4.69, 9.17) is 4.52 Å². The van der Waals surface area contributed by atoms with Gasteiger partial charge >= 0.3 is 6.03 Å². The third kappa shape index (κ3) is 5.18. The molecule has 3 heterocycles. The zero-order chi connectivity index (χ0) is 23.0. The van der Waals surface area contributed by atoms with Crippen LogP contribution in [0.3, 0.4) is 0 Å². The van der Waals surface area contributed by atoms with Gasteiger partial charge in [0, 0.05) is 62.0 Å². The summed E-state index contributed by atoms with van der Waals surface area (Å²) in [5.41, 5.74) is 1.02. The fourth-order valence-corrected chi connectivity index (χ4v) is 5.73. The van der Waals surface area contributed by atoms with Crippen molar-refractivity contribution < 1.29 is 18.1 Å². The Hall–Kier alpha value is -2.16. The molecule has 5 rings (SSSR count). The highest BCUT2D eigenvalue weighted by molar-refractivity contribution is 7.99. The van der Waals surface area contributed by atoms with Crippen molar-refractivity contribution in [1.29, 1.82) is 0 Å². The van der Waals surface area contributed by atoms with Gasteiger partial charge in [-0.15, -0.1) is 0 Å². The van der Waals surface area contributed by atoms with Crippen molar-refractivity contribution in [1.82, 2.24) is 19.9 Å². The number of thioether (sulfide) groups is 1. The first-order valence-electron chi connectivity index (χ1n) is 11.8. The number of carbonyl (C=O) groups is 1. The van der Waals surface area contributed by atoms with Crippen LogP contribution in [0.2, 0.25) is 0 Å². The van der Waals surface area contributed by atoms with E-state index in [0.29, 0.717) is 31.3 Å². The van der Waals surface area contributed by atoms with E-state index in [1.54, 1.807) is 12.2 Å². The lowest BCUT2D eigenvalue weighted by atomic mass is 9.83.